The van der Waals surface area contributed by atoms with Crippen LogP contribution in [-0.4, -0.2) is 66.4 Å². The molecule has 1 heterocycles. The lowest BCUT2D eigenvalue weighted by Gasteiger charge is -2.21. The maximum atomic E-state index is 12.2. The molecule has 0 aliphatic carbocycles. The lowest BCUT2D eigenvalue weighted by molar-refractivity contribution is 0.307. The summed E-state index contributed by atoms with van der Waals surface area (Å²) in [5.41, 5.74) is 6.38. The van der Waals surface area contributed by atoms with Crippen LogP contribution in [0.15, 0.2) is 85.3 Å². The van der Waals surface area contributed by atoms with E-state index in [1.54, 1.807) is 37.5 Å². The van der Waals surface area contributed by atoms with E-state index in [-0.39, 0.29) is 22.9 Å². The summed E-state index contributed by atoms with van der Waals surface area (Å²) in [6, 6.07) is 5.83. The average Bonchev–Trinajstić information content (AvgIpc) is 3.02. The number of nitriles is 1. The fourth-order valence-corrected chi connectivity index (χ4v) is 4.57. The molecule has 240 valence electrons. The summed E-state index contributed by atoms with van der Waals surface area (Å²) >= 11 is -0.0479. The third-order valence-electron chi connectivity index (χ3n) is 6.75. The molecule has 1 aromatic carbocycles. The van der Waals surface area contributed by atoms with E-state index in [9.17, 15) is 9.15 Å². The Morgan fingerprint density at radius 3 is 2.33 bits per heavy atom. The summed E-state index contributed by atoms with van der Waals surface area (Å²) in [7, 11) is 6.14. The smallest absolute Gasteiger partial charge is 0.125 e. The first kappa shape index (κ1) is 38.9. The zero-order chi connectivity index (χ0) is 33.9. The van der Waals surface area contributed by atoms with Crippen LogP contribution in [0.2, 0.25) is 0 Å². The molecule has 0 bridgehead atoms. The highest BCUT2D eigenvalue weighted by Gasteiger charge is 2.16. The molecule has 1 aromatic heterocycles. The second-order valence-electron chi connectivity index (χ2n) is 10.8. The molecule has 1 unspecified atom stereocenters. The van der Waals surface area contributed by atoms with Gasteiger partial charge in [-0.1, -0.05) is 31.4 Å². The van der Waals surface area contributed by atoms with Gasteiger partial charge in [0.15, 0.2) is 0 Å². The van der Waals surface area contributed by atoms with Crippen molar-refractivity contribution in [3.05, 3.63) is 102 Å². The molecule has 45 heavy (non-hydrogen) atoms. The lowest BCUT2D eigenvalue weighted by Crippen LogP contribution is -2.29. The molecule has 1 atom stereocenters. The Labute approximate surface area is 273 Å². The van der Waals surface area contributed by atoms with Crippen molar-refractivity contribution in [2.75, 3.05) is 46.1 Å². The molecule has 0 saturated heterocycles. The maximum Gasteiger partial charge on any atom is 0.125 e. The van der Waals surface area contributed by atoms with Crippen LogP contribution < -0.4 is 10.6 Å². The summed E-state index contributed by atoms with van der Waals surface area (Å²) in [5.74, 6) is 1.26. The summed E-state index contributed by atoms with van der Waals surface area (Å²) in [6.07, 6.45) is 12.3. The van der Waals surface area contributed by atoms with Crippen LogP contribution in [0.3, 0.4) is 0 Å². The van der Waals surface area contributed by atoms with Crippen molar-refractivity contribution in [1.29, 1.82) is 16.1 Å². The quantitative estimate of drug-likeness (QED) is 0.0649. The number of rotatable bonds is 16. The van der Waals surface area contributed by atoms with Crippen LogP contribution in [0, 0.1) is 35.0 Å². The Kier molecular flexibility index (Phi) is 17.9. The standard InChI is InChI=1S/C19H19N5.C16H28FN3S/c1-5-6-22-19-15(9-20)7-14(8-17(19)18(21)12(2)3)16-10-23-13(4)24-11-16;1-6-15(13(2)7-10-16(18)21-17)9-8-14(11-19-3)12-20(4)5/h5,7-8,10-11,21-22H,1-2,6H2,3-4H3;6-7,10,14,18-19H,1,8-9,11-12H2,2-5H3/b;10-7-,15-13-,18-16?. The topological polar surface area (TPSA) is 125 Å². The summed E-state index contributed by atoms with van der Waals surface area (Å²) in [6.45, 7) is 19.5. The minimum Gasteiger partial charge on any atom is -0.380 e. The number of aromatic nitrogens is 2. The van der Waals surface area contributed by atoms with Crippen LogP contribution >= 0.6 is 12.1 Å². The van der Waals surface area contributed by atoms with E-state index >= 15 is 0 Å². The second-order valence-corrected chi connectivity index (χ2v) is 11.4. The monoisotopic (exact) mass is 630 g/mol. The van der Waals surface area contributed by atoms with Crippen molar-refractivity contribution >= 4 is 28.6 Å². The van der Waals surface area contributed by atoms with Gasteiger partial charge >= 0.3 is 0 Å². The van der Waals surface area contributed by atoms with E-state index in [1.165, 1.54) is 6.08 Å². The molecule has 0 aliphatic heterocycles. The first-order valence-corrected chi connectivity index (χ1v) is 15.3. The number of benzene rings is 1. The molecule has 2 aromatic rings. The molecule has 0 radical (unpaired) electrons. The predicted octanol–water partition coefficient (Wildman–Crippen LogP) is 7.68. The molecule has 0 spiro atoms. The van der Waals surface area contributed by atoms with Crippen LogP contribution in [0.5, 0.6) is 0 Å². The van der Waals surface area contributed by atoms with Crippen LogP contribution in [0.25, 0.3) is 11.1 Å². The Morgan fingerprint density at radius 1 is 1.16 bits per heavy atom. The molecule has 0 saturated carbocycles. The Morgan fingerprint density at radius 2 is 1.82 bits per heavy atom. The minimum absolute atomic E-state index is 0.0479. The van der Waals surface area contributed by atoms with E-state index in [4.69, 9.17) is 10.8 Å². The van der Waals surface area contributed by atoms with Gasteiger partial charge in [-0.25, -0.2) is 9.97 Å². The molecular formula is C35H47FN8S. The fraction of sp³-hybridized carbons (Fsp3) is 0.343. The number of nitrogens with zero attached hydrogens (tertiary/aromatic N) is 4. The SMILES string of the molecule is C=C/C(CCC(CNC)CN(C)C)=C(C)/C=C\C(=N)SF.C=CCNc1c(C#N)cc(-c2cnc(C)nc2)cc1C(=N)C(=C)C. The van der Waals surface area contributed by atoms with Crippen molar-refractivity contribution in [3.8, 4) is 17.2 Å². The van der Waals surface area contributed by atoms with Gasteiger partial charge in [0.25, 0.3) is 0 Å². The average molecular weight is 631 g/mol. The number of aryl methyl sites for hydroxylation is 1. The minimum atomic E-state index is -0.0848. The van der Waals surface area contributed by atoms with Gasteiger partial charge in [0, 0.05) is 36.6 Å². The van der Waals surface area contributed by atoms with Gasteiger partial charge in [-0.15, -0.1) is 6.58 Å². The van der Waals surface area contributed by atoms with Crippen LogP contribution in [0.4, 0.5) is 9.57 Å². The van der Waals surface area contributed by atoms with Gasteiger partial charge < -0.3 is 15.5 Å². The van der Waals surface area contributed by atoms with E-state index in [0.29, 0.717) is 40.7 Å². The highest BCUT2D eigenvalue weighted by molar-refractivity contribution is 8.09. The number of hydrogen-bond donors (Lipinski definition) is 4. The zero-order valence-electron chi connectivity index (χ0n) is 27.4. The molecule has 2 rings (SSSR count). The summed E-state index contributed by atoms with van der Waals surface area (Å²) in [5, 5.41) is 31.4. The summed E-state index contributed by atoms with van der Waals surface area (Å²) in [4.78, 5) is 10.6. The molecule has 0 amide bonds. The third kappa shape index (κ3) is 13.6. The van der Waals surface area contributed by atoms with Crippen molar-refractivity contribution in [3.63, 3.8) is 0 Å². The predicted molar refractivity (Wildman–Crippen MR) is 191 cm³/mol. The van der Waals surface area contributed by atoms with Crippen molar-refractivity contribution in [2.24, 2.45) is 5.92 Å². The highest BCUT2D eigenvalue weighted by Crippen LogP contribution is 2.30. The third-order valence-corrected chi connectivity index (χ3v) is 7.05. The molecule has 10 heteroatoms. The maximum absolute atomic E-state index is 12.2. The molecule has 0 aliphatic rings. The Hall–Kier alpha value is -4.17. The first-order chi connectivity index (χ1) is 21.4. The van der Waals surface area contributed by atoms with Gasteiger partial charge in [-0.3, -0.25) is 10.8 Å². The molecular weight excluding hydrogens is 584 g/mol. The second kappa shape index (κ2) is 20.7. The van der Waals surface area contributed by atoms with Crippen molar-refractivity contribution in [2.45, 2.75) is 33.6 Å². The van der Waals surface area contributed by atoms with Crippen molar-refractivity contribution in [1.82, 2.24) is 20.2 Å². The van der Waals surface area contributed by atoms with Gasteiger partial charge in [0.1, 0.15) is 29.1 Å². The van der Waals surface area contributed by atoms with E-state index in [2.05, 4.69) is 65.4 Å². The van der Waals surface area contributed by atoms with Crippen LogP contribution in [-0.2, 0) is 0 Å². The molecule has 8 nitrogen and oxygen atoms in total. The van der Waals surface area contributed by atoms with Gasteiger partial charge in [0.2, 0.25) is 0 Å². The normalized spacial score (nSPS) is 12.0. The lowest BCUT2D eigenvalue weighted by atomic mass is 9.94. The van der Waals surface area contributed by atoms with E-state index in [0.717, 1.165) is 48.2 Å². The van der Waals surface area contributed by atoms with Gasteiger partial charge in [0.05, 0.1) is 17.0 Å². The molecule has 4 N–H and O–H groups in total. The van der Waals surface area contributed by atoms with Gasteiger partial charge in [-0.2, -0.15) is 9.15 Å². The van der Waals surface area contributed by atoms with Gasteiger partial charge in [-0.05, 0) is 108 Å². The zero-order valence-corrected chi connectivity index (χ0v) is 28.2. The van der Waals surface area contributed by atoms with Crippen molar-refractivity contribution < 1.29 is 3.89 Å². The Balaban J connectivity index is 0.000000455. The highest BCUT2D eigenvalue weighted by atomic mass is 32.2. The van der Waals surface area contributed by atoms with E-state index in [1.807, 2.05) is 33.0 Å². The number of anilines is 1. The molecule has 0 fully saturated rings. The number of allylic oxidation sites excluding steroid dienone is 5. The number of halogens is 1. The van der Waals surface area contributed by atoms with Crippen LogP contribution in [0.1, 0.15) is 43.6 Å². The number of hydrogen-bond acceptors (Lipinski definition) is 9. The first-order valence-electron chi connectivity index (χ1n) is 14.6. The number of nitrogens with one attached hydrogen (secondary N) is 4. The fourth-order valence-electron chi connectivity index (χ4n) is 4.45. The van der Waals surface area contributed by atoms with E-state index < -0.39 is 0 Å². The largest absolute Gasteiger partial charge is 0.380 e. The Bertz CT molecular complexity index is 1430. The summed E-state index contributed by atoms with van der Waals surface area (Å²) < 4.78 is 12.2.